The van der Waals surface area contributed by atoms with Crippen LogP contribution in [0.15, 0.2) is 61.4 Å². The Morgan fingerprint density at radius 2 is 1.32 bits per heavy atom. The van der Waals surface area contributed by atoms with E-state index in [1.165, 1.54) is 62.2 Å². The molecule has 1 saturated heterocycles. The zero-order chi connectivity index (χ0) is 41.4. The third kappa shape index (κ3) is 13.9. The largest absolute Gasteiger partial charge is 1.00 e. The molecule has 0 saturated carbocycles. The van der Waals surface area contributed by atoms with Crippen LogP contribution in [0.5, 0.6) is 34.8 Å². The number of carboxylic acid groups (broad SMARTS) is 2. The topological polar surface area (TPSA) is 311 Å². The summed E-state index contributed by atoms with van der Waals surface area (Å²) in [4.78, 5) is 49.4. The molecule has 21 nitrogen and oxygen atoms in total. The van der Waals surface area contributed by atoms with E-state index in [-0.39, 0.29) is 84.0 Å². The summed E-state index contributed by atoms with van der Waals surface area (Å²) in [5.41, 5.74) is 1.38. The minimum absolute atomic E-state index is 0. The van der Waals surface area contributed by atoms with Crippen molar-refractivity contribution in [2.45, 2.75) is 44.8 Å². The van der Waals surface area contributed by atoms with E-state index in [4.69, 9.17) is 53.2 Å². The zero-order valence-corrected chi connectivity index (χ0v) is 32.4. The first-order valence-corrected chi connectivity index (χ1v) is 17.8. The molecule has 2 atom stereocenters. The summed E-state index contributed by atoms with van der Waals surface area (Å²) in [5, 5.41) is 47.0. The third-order valence-electron chi connectivity index (χ3n) is 8.07. The molecule has 310 valence electrons. The Morgan fingerprint density at radius 3 is 1.73 bits per heavy atom. The first-order valence-electron chi connectivity index (χ1n) is 17.8. The Morgan fingerprint density at radius 1 is 0.800 bits per heavy atom. The quantitative estimate of drug-likeness (QED) is 0.0828. The van der Waals surface area contributed by atoms with Gasteiger partial charge in [0.1, 0.15) is 29.1 Å². The Kier molecular flexibility index (Phi) is 19.7. The number of esters is 1. The predicted molar refractivity (Wildman–Crippen MR) is 200 cm³/mol. The minimum atomic E-state index is -1.40. The predicted octanol–water partition coefficient (Wildman–Crippen LogP) is -1.53. The Balaban J connectivity index is 0.000000278. The fourth-order valence-corrected chi connectivity index (χ4v) is 5.80. The van der Waals surface area contributed by atoms with Gasteiger partial charge in [0, 0.05) is 61.3 Å². The van der Waals surface area contributed by atoms with Gasteiger partial charge in [0.25, 0.3) is 0 Å². The summed E-state index contributed by atoms with van der Waals surface area (Å²) in [6.45, 7) is 3.07. The molecule has 60 heavy (non-hydrogen) atoms. The van der Waals surface area contributed by atoms with E-state index < -0.39 is 57.4 Å². The smallest absolute Gasteiger partial charge is 0.870 e. The first kappa shape index (κ1) is 48.6. The molecule has 2 unspecified atom stereocenters. The molecule has 0 spiro atoms. The third-order valence-corrected chi connectivity index (χ3v) is 8.07. The summed E-state index contributed by atoms with van der Waals surface area (Å²) in [5.74, 6) is -1.55. The van der Waals surface area contributed by atoms with Gasteiger partial charge in [-0.15, -0.1) is 0 Å². The second-order valence-corrected chi connectivity index (χ2v) is 12.1. The van der Waals surface area contributed by atoms with Crippen LogP contribution in [0, 0.1) is 11.3 Å². The standard InChI is InChI=1S/C17H16BN3O6.C15H13BN2O8.C4H8O.Li.H2O/c1-2-24-16(22)9-14-17-12(18(23)27-14)7-11(8-13(17)25-6-3-19)26-15-10-20-4-5-21-15;19-13(20)5-11-15-9(16(23)26-11)3-8(4-10(15)24-7-14(21)22)25-12-6-17-1-2-18-12;1-2-4-5-3-1;;/h4-5,7-8,10,14,23H,2,6,9H2,1H3;1-4,6,11,23H,5,7H2,(H,19,20)(H,21,22);1-4H2;;1H2/q;;;+1;/p-1. The summed E-state index contributed by atoms with van der Waals surface area (Å²) in [6.07, 6.45) is 8.97. The molecule has 3 aliphatic rings. The van der Waals surface area contributed by atoms with Gasteiger partial charge in [-0.3, -0.25) is 19.6 Å². The number of hydrogen-bond acceptors (Lipinski definition) is 19. The molecule has 0 amide bonds. The molecule has 0 radical (unpaired) electrons. The van der Waals surface area contributed by atoms with Gasteiger partial charge in [0.05, 0.1) is 44.1 Å². The molecule has 5 heterocycles. The number of nitriles is 1. The molecule has 4 aromatic rings. The fourth-order valence-electron chi connectivity index (χ4n) is 5.80. The Labute approximate surface area is 355 Å². The second kappa shape index (κ2) is 24.3. The van der Waals surface area contributed by atoms with Gasteiger partial charge in [-0.2, -0.15) is 5.26 Å². The van der Waals surface area contributed by atoms with Crippen LogP contribution < -0.4 is 48.7 Å². The Bertz CT molecular complexity index is 2060. The van der Waals surface area contributed by atoms with Gasteiger partial charge < -0.3 is 63.5 Å². The van der Waals surface area contributed by atoms with Crippen LogP contribution in [0.4, 0.5) is 0 Å². The molecule has 2 aromatic carbocycles. The maximum atomic E-state index is 11.8. The average molecular weight is 825 g/mol. The van der Waals surface area contributed by atoms with Crippen molar-refractivity contribution in [2.75, 3.05) is 33.0 Å². The van der Waals surface area contributed by atoms with E-state index in [1.807, 2.05) is 6.07 Å². The molecule has 1 fully saturated rings. The number of benzene rings is 2. The minimum Gasteiger partial charge on any atom is -0.870 e. The van der Waals surface area contributed by atoms with Crippen LogP contribution in [0.1, 0.15) is 55.9 Å². The number of hydrogen-bond donors (Lipinski definition) is 4. The maximum absolute atomic E-state index is 11.8. The molecule has 3 aliphatic heterocycles. The molecule has 0 aliphatic carbocycles. The van der Waals surface area contributed by atoms with Gasteiger partial charge in [-0.1, -0.05) is 0 Å². The van der Waals surface area contributed by atoms with Crippen LogP contribution in [0.2, 0.25) is 0 Å². The van der Waals surface area contributed by atoms with E-state index in [0.717, 1.165) is 13.2 Å². The number of carbonyl (C=O) groups excluding carboxylic acids is 1. The number of ether oxygens (including phenoxy) is 6. The molecular formula is C36H38B2LiN5O16. The molecule has 5 N–H and O–H groups in total. The molecule has 7 rings (SSSR count). The number of carbonyl (C=O) groups is 3. The molecular weight excluding hydrogens is 787 g/mol. The molecule has 0 bridgehead atoms. The number of nitrogens with zero attached hydrogens (tertiary/aromatic N) is 5. The van der Waals surface area contributed by atoms with Crippen molar-refractivity contribution in [3.05, 3.63) is 72.6 Å². The normalized spacial score (nSPS) is 15.4. The van der Waals surface area contributed by atoms with Crippen LogP contribution in [0.25, 0.3) is 0 Å². The monoisotopic (exact) mass is 825 g/mol. The van der Waals surface area contributed by atoms with Crippen molar-refractivity contribution in [1.29, 1.82) is 5.26 Å². The SMILES string of the molecule is C1CCOC1.CCOC(=O)CC1OB(O)c2cc(Oc3cnccn3)cc(OCC#N)c21.O=C(O)COc1cc(Oc2cnccn2)cc2c1C(CC(=O)O)OB2O.[Li+].[OH-]. The van der Waals surface area contributed by atoms with Crippen LogP contribution >= 0.6 is 0 Å². The van der Waals surface area contributed by atoms with Crippen LogP contribution in [0.3, 0.4) is 0 Å². The number of aromatic nitrogens is 4. The van der Waals surface area contributed by atoms with Gasteiger partial charge in [-0.05, 0) is 42.8 Å². The van der Waals surface area contributed by atoms with Gasteiger partial charge in [0.2, 0.25) is 11.8 Å². The first-order chi connectivity index (χ1) is 28.1. The van der Waals surface area contributed by atoms with Crippen molar-refractivity contribution >= 4 is 43.1 Å². The van der Waals surface area contributed by atoms with Crippen molar-refractivity contribution in [3.8, 4) is 40.8 Å². The van der Waals surface area contributed by atoms with Gasteiger partial charge >= 0.3 is 51.0 Å². The van der Waals surface area contributed by atoms with Crippen molar-refractivity contribution < 1.29 is 96.7 Å². The molecule has 2 aromatic heterocycles. The van der Waals surface area contributed by atoms with E-state index in [9.17, 15) is 24.4 Å². The number of carboxylic acids is 2. The maximum Gasteiger partial charge on any atom is 1.00 e. The van der Waals surface area contributed by atoms with Gasteiger partial charge in [0.15, 0.2) is 13.2 Å². The van der Waals surface area contributed by atoms with Crippen molar-refractivity contribution in [1.82, 2.24) is 19.9 Å². The van der Waals surface area contributed by atoms with Crippen molar-refractivity contribution in [3.63, 3.8) is 0 Å². The van der Waals surface area contributed by atoms with Gasteiger partial charge in [-0.25, -0.2) is 14.8 Å². The van der Waals surface area contributed by atoms with E-state index in [2.05, 4.69) is 19.9 Å². The summed E-state index contributed by atoms with van der Waals surface area (Å²) < 4.78 is 42.5. The average Bonchev–Trinajstić information content (AvgIpc) is 3.95. The number of fused-ring (bicyclic) bond motifs is 2. The summed E-state index contributed by atoms with van der Waals surface area (Å²) >= 11 is 0. The fraction of sp³-hybridized carbons (Fsp3) is 0.333. The number of aliphatic carboxylic acids is 2. The van der Waals surface area contributed by atoms with E-state index >= 15 is 0 Å². The summed E-state index contributed by atoms with van der Waals surface area (Å²) in [6, 6.07) is 7.83. The van der Waals surface area contributed by atoms with E-state index in [0.29, 0.717) is 16.8 Å². The van der Waals surface area contributed by atoms with E-state index in [1.54, 1.807) is 19.1 Å². The molecule has 24 heteroatoms. The Hall–Kier alpha value is -5.81. The second-order valence-electron chi connectivity index (χ2n) is 12.1. The van der Waals surface area contributed by atoms with Crippen LogP contribution in [-0.4, -0.2) is 111 Å². The van der Waals surface area contributed by atoms with Crippen molar-refractivity contribution in [2.24, 2.45) is 0 Å². The van der Waals surface area contributed by atoms with Crippen LogP contribution in [-0.2, 0) is 33.2 Å². The summed E-state index contributed by atoms with van der Waals surface area (Å²) in [7, 11) is -2.67. The number of rotatable bonds is 14. The zero-order valence-electron chi connectivity index (χ0n) is 32.4.